The first-order valence-electron chi connectivity index (χ1n) is 6.82. The quantitative estimate of drug-likeness (QED) is 0.496. The highest BCUT2D eigenvalue weighted by Crippen LogP contribution is 2.31. The van der Waals surface area contributed by atoms with Crippen molar-refractivity contribution in [2.75, 3.05) is 14.2 Å². The molecule has 0 spiro atoms. The summed E-state index contributed by atoms with van der Waals surface area (Å²) in [6, 6.07) is 5.25. The lowest BCUT2D eigenvalue weighted by atomic mass is 10.2. The Bertz CT molecular complexity index is 872. The van der Waals surface area contributed by atoms with Gasteiger partial charge in [0.25, 0.3) is 0 Å². The van der Waals surface area contributed by atoms with E-state index in [1.807, 2.05) is 0 Å². The van der Waals surface area contributed by atoms with Gasteiger partial charge in [-0.05, 0) is 28.1 Å². The van der Waals surface area contributed by atoms with Gasteiger partial charge >= 0.3 is 5.82 Å². The van der Waals surface area contributed by atoms with E-state index in [4.69, 9.17) is 14.0 Å². The fraction of sp³-hybridized carbons (Fsp3) is 0.214. The van der Waals surface area contributed by atoms with Gasteiger partial charge in [0.15, 0.2) is 11.5 Å². The zero-order valence-electron chi connectivity index (χ0n) is 12.9. The summed E-state index contributed by atoms with van der Waals surface area (Å²) in [7, 11) is 3.09. The number of ether oxygens (including phenoxy) is 2. The molecule has 0 aliphatic rings. The zero-order valence-corrected chi connectivity index (χ0v) is 12.9. The van der Waals surface area contributed by atoms with E-state index >= 15 is 0 Å². The maximum atomic E-state index is 10.6. The monoisotopic (exact) mass is 331 g/mol. The van der Waals surface area contributed by atoms with Gasteiger partial charge in [0, 0.05) is 5.56 Å². The van der Waals surface area contributed by atoms with Gasteiger partial charge in [0.2, 0.25) is 18.0 Å². The van der Waals surface area contributed by atoms with E-state index in [-0.39, 0.29) is 12.4 Å². The predicted octanol–water partition coefficient (Wildman–Crippen LogP) is 1.91. The van der Waals surface area contributed by atoms with Crippen molar-refractivity contribution >= 4 is 5.82 Å². The lowest BCUT2D eigenvalue weighted by molar-refractivity contribution is -0.389. The summed E-state index contributed by atoms with van der Waals surface area (Å²) in [6.45, 7) is 0.182. The van der Waals surface area contributed by atoms with E-state index in [1.165, 1.54) is 24.2 Å². The second kappa shape index (κ2) is 6.36. The Morgan fingerprint density at radius 3 is 2.75 bits per heavy atom. The summed E-state index contributed by atoms with van der Waals surface area (Å²) in [4.78, 5) is 18.0. The Kier molecular flexibility index (Phi) is 4.10. The van der Waals surface area contributed by atoms with Crippen LogP contribution in [0.2, 0.25) is 0 Å². The van der Waals surface area contributed by atoms with Gasteiger partial charge < -0.3 is 28.7 Å². The minimum Gasteiger partial charge on any atom is -0.493 e. The molecule has 0 saturated carbocycles. The first-order chi connectivity index (χ1) is 11.6. The molecule has 0 aliphatic heterocycles. The molecule has 124 valence electrons. The summed E-state index contributed by atoms with van der Waals surface area (Å²) in [5, 5.41) is 14.5. The average Bonchev–Trinajstić information content (AvgIpc) is 3.24. The average molecular weight is 331 g/mol. The Morgan fingerprint density at radius 1 is 1.29 bits per heavy atom. The molecule has 1 aromatic carbocycles. The van der Waals surface area contributed by atoms with Crippen molar-refractivity contribution < 1.29 is 18.9 Å². The molecular formula is C14H13N5O5. The molecule has 24 heavy (non-hydrogen) atoms. The maximum absolute atomic E-state index is 10.6. The van der Waals surface area contributed by atoms with E-state index < -0.39 is 4.92 Å². The molecule has 10 nitrogen and oxygen atoms in total. The van der Waals surface area contributed by atoms with Crippen LogP contribution in [0.25, 0.3) is 11.4 Å². The molecule has 2 heterocycles. The molecule has 0 aliphatic carbocycles. The molecule has 10 heteroatoms. The lowest BCUT2D eigenvalue weighted by Gasteiger charge is -2.07. The molecule has 0 unspecified atom stereocenters. The van der Waals surface area contributed by atoms with Crippen LogP contribution in [0.1, 0.15) is 5.89 Å². The van der Waals surface area contributed by atoms with E-state index in [9.17, 15) is 10.1 Å². The van der Waals surface area contributed by atoms with Crippen molar-refractivity contribution in [2.24, 2.45) is 0 Å². The molecule has 0 atom stereocenters. The molecule has 0 radical (unpaired) electrons. The minimum absolute atomic E-state index is 0.182. The minimum atomic E-state index is -0.570. The molecule has 0 fully saturated rings. The van der Waals surface area contributed by atoms with Gasteiger partial charge in [-0.3, -0.25) is 0 Å². The number of hydrogen-bond donors (Lipinski definition) is 0. The maximum Gasteiger partial charge on any atom is 0.381 e. The largest absolute Gasteiger partial charge is 0.493 e. The second-order valence-electron chi connectivity index (χ2n) is 4.74. The number of rotatable bonds is 6. The van der Waals surface area contributed by atoms with E-state index in [0.29, 0.717) is 28.8 Å². The van der Waals surface area contributed by atoms with Crippen molar-refractivity contribution in [1.29, 1.82) is 0 Å². The first kappa shape index (κ1) is 15.5. The highest BCUT2D eigenvalue weighted by Gasteiger charge is 2.15. The molecule has 3 rings (SSSR count). The molecule has 0 amide bonds. The molecule has 0 bridgehead atoms. The highest BCUT2D eigenvalue weighted by atomic mass is 16.6. The lowest BCUT2D eigenvalue weighted by Crippen LogP contribution is -1.97. The Labute approximate surface area is 135 Å². The van der Waals surface area contributed by atoms with Crippen molar-refractivity contribution in [3.05, 3.63) is 46.7 Å². The van der Waals surface area contributed by atoms with Crippen LogP contribution in [0, 0.1) is 10.1 Å². The van der Waals surface area contributed by atoms with Crippen LogP contribution in [-0.2, 0) is 6.54 Å². The molecule has 0 saturated heterocycles. The third kappa shape index (κ3) is 3.02. The van der Waals surface area contributed by atoms with Crippen LogP contribution in [0.4, 0.5) is 5.82 Å². The fourth-order valence-electron chi connectivity index (χ4n) is 2.10. The van der Waals surface area contributed by atoms with Gasteiger partial charge in [-0.2, -0.15) is 4.98 Å². The van der Waals surface area contributed by atoms with E-state index in [0.717, 1.165) is 0 Å². The van der Waals surface area contributed by atoms with E-state index in [2.05, 4.69) is 15.1 Å². The smallest absolute Gasteiger partial charge is 0.381 e. The second-order valence-corrected chi connectivity index (χ2v) is 4.74. The van der Waals surface area contributed by atoms with Crippen molar-refractivity contribution in [2.45, 2.75) is 6.54 Å². The van der Waals surface area contributed by atoms with Crippen LogP contribution in [0.5, 0.6) is 11.5 Å². The van der Waals surface area contributed by atoms with Crippen molar-refractivity contribution in [3.8, 4) is 22.9 Å². The Balaban J connectivity index is 1.81. The molecule has 0 N–H and O–H groups in total. The molecule has 2 aromatic heterocycles. The van der Waals surface area contributed by atoms with Crippen LogP contribution >= 0.6 is 0 Å². The van der Waals surface area contributed by atoms with Gasteiger partial charge in [0.1, 0.15) is 12.7 Å². The zero-order chi connectivity index (χ0) is 17.1. The standard InChI is InChI=1S/C14H13N5O5/c1-22-10-4-3-9(5-11(10)23-2)14-16-13(24-17-14)7-18-6-12(15-8-18)19(20)21/h3-6,8H,7H2,1-2H3. The van der Waals surface area contributed by atoms with Crippen LogP contribution in [0.15, 0.2) is 35.2 Å². The summed E-state index contributed by atoms with van der Waals surface area (Å²) >= 11 is 0. The van der Waals surface area contributed by atoms with Gasteiger partial charge in [-0.1, -0.05) is 5.16 Å². The summed E-state index contributed by atoms with van der Waals surface area (Å²) in [6.07, 6.45) is 2.62. The number of hydrogen-bond acceptors (Lipinski definition) is 8. The predicted molar refractivity (Wildman–Crippen MR) is 80.8 cm³/mol. The highest BCUT2D eigenvalue weighted by molar-refractivity contribution is 5.60. The van der Waals surface area contributed by atoms with E-state index in [1.54, 1.807) is 25.3 Å². The fourth-order valence-corrected chi connectivity index (χ4v) is 2.10. The number of benzene rings is 1. The van der Waals surface area contributed by atoms with Gasteiger partial charge in [-0.15, -0.1) is 0 Å². The summed E-state index contributed by atoms with van der Waals surface area (Å²) in [5.41, 5.74) is 0.694. The Morgan fingerprint density at radius 2 is 2.08 bits per heavy atom. The van der Waals surface area contributed by atoms with Crippen LogP contribution < -0.4 is 9.47 Å². The number of nitrogens with zero attached hydrogens (tertiary/aromatic N) is 5. The Hall–Kier alpha value is -3.43. The SMILES string of the molecule is COc1ccc(-c2noc(Cn3cnc([N+](=O)[O-])c3)n2)cc1OC. The van der Waals surface area contributed by atoms with Crippen molar-refractivity contribution in [3.63, 3.8) is 0 Å². The topological polar surface area (TPSA) is 118 Å². The first-order valence-corrected chi connectivity index (χ1v) is 6.82. The number of nitro groups is 1. The normalized spacial score (nSPS) is 10.6. The van der Waals surface area contributed by atoms with Gasteiger partial charge in [0.05, 0.1) is 14.2 Å². The summed E-state index contributed by atoms with van der Waals surface area (Å²) < 4.78 is 17.1. The van der Waals surface area contributed by atoms with Gasteiger partial charge in [-0.25, -0.2) is 0 Å². The summed E-state index contributed by atoms with van der Waals surface area (Å²) in [5.74, 6) is 1.57. The third-order valence-corrected chi connectivity index (χ3v) is 3.23. The third-order valence-electron chi connectivity index (χ3n) is 3.23. The number of methoxy groups -OCH3 is 2. The van der Waals surface area contributed by atoms with Crippen LogP contribution in [0.3, 0.4) is 0 Å². The number of imidazole rings is 1. The molecule has 3 aromatic rings. The van der Waals surface area contributed by atoms with Crippen molar-refractivity contribution in [1.82, 2.24) is 19.7 Å². The molecular weight excluding hydrogens is 318 g/mol. The number of aromatic nitrogens is 4. The van der Waals surface area contributed by atoms with Crippen LogP contribution in [-0.4, -0.2) is 38.8 Å².